The van der Waals surface area contributed by atoms with E-state index in [1.165, 1.54) is 0 Å². The van der Waals surface area contributed by atoms with Gasteiger partial charge < -0.3 is 9.47 Å². The molecule has 0 bridgehead atoms. The van der Waals surface area contributed by atoms with Gasteiger partial charge in [0.1, 0.15) is 5.75 Å². The maximum Gasteiger partial charge on any atom is 0.125 e. The lowest BCUT2D eigenvalue weighted by Gasteiger charge is -2.13. The molecule has 0 radical (unpaired) electrons. The molecule has 1 rings (SSSR count). The van der Waals surface area contributed by atoms with Crippen LogP contribution >= 0.6 is 11.6 Å². The molecule has 0 fully saturated rings. The number of rotatable bonds is 7. The highest BCUT2D eigenvalue weighted by Crippen LogP contribution is 2.25. The standard InChI is InChI=1S/C14H21ClO2/c1-4-16-6-5-7-17-14-11(2)8-13(10-15)9-12(14)3/h8-9H,4-7,10H2,1-3H3. The molecule has 3 heteroatoms. The van der Waals surface area contributed by atoms with Crippen molar-refractivity contribution in [2.75, 3.05) is 19.8 Å². The minimum absolute atomic E-state index is 0.548. The van der Waals surface area contributed by atoms with Crippen LogP contribution in [-0.4, -0.2) is 19.8 Å². The number of ether oxygens (including phenoxy) is 2. The van der Waals surface area contributed by atoms with Crippen LogP contribution in [0.25, 0.3) is 0 Å². The van der Waals surface area contributed by atoms with Crippen LogP contribution in [0.5, 0.6) is 5.75 Å². The Labute approximate surface area is 109 Å². The van der Waals surface area contributed by atoms with Crippen LogP contribution < -0.4 is 4.74 Å². The van der Waals surface area contributed by atoms with Crippen molar-refractivity contribution in [3.63, 3.8) is 0 Å². The average molecular weight is 257 g/mol. The van der Waals surface area contributed by atoms with Gasteiger partial charge in [-0.2, -0.15) is 0 Å². The van der Waals surface area contributed by atoms with Gasteiger partial charge >= 0.3 is 0 Å². The van der Waals surface area contributed by atoms with E-state index in [-0.39, 0.29) is 0 Å². The van der Waals surface area contributed by atoms with Crippen LogP contribution in [0.1, 0.15) is 30.0 Å². The van der Waals surface area contributed by atoms with Crippen molar-refractivity contribution in [2.45, 2.75) is 33.1 Å². The largest absolute Gasteiger partial charge is 0.493 e. The number of halogens is 1. The van der Waals surface area contributed by atoms with Crippen LogP contribution in [-0.2, 0) is 10.6 Å². The molecule has 0 aromatic heterocycles. The minimum atomic E-state index is 0.548. The Morgan fingerprint density at radius 1 is 1.12 bits per heavy atom. The summed E-state index contributed by atoms with van der Waals surface area (Å²) < 4.78 is 11.1. The molecule has 0 aliphatic rings. The van der Waals surface area contributed by atoms with Gasteiger partial charge in [0.05, 0.1) is 6.61 Å². The van der Waals surface area contributed by atoms with E-state index in [9.17, 15) is 0 Å². The molecule has 0 spiro atoms. The van der Waals surface area contributed by atoms with Gasteiger partial charge in [0.2, 0.25) is 0 Å². The van der Waals surface area contributed by atoms with Crippen LogP contribution in [0.4, 0.5) is 0 Å². The topological polar surface area (TPSA) is 18.5 Å². The highest BCUT2D eigenvalue weighted by atomic mass is 35.5. The van der Waals surface area contributed by atoms with E-state index in [4.69, 9.17) is 21.1 Å². The number of hydrogen-bond donors (Lipinski definition) is 0. The lowest BCUT2D eigenvalue weighted by Crippen LogP contribution is -2.05. The van der Waals surface area contributed by atoms with Gasteiger partial charge in [-0.1, -0.05) is 12.1 Å². The predicted octanol–water partition coefficient (Wildman–Crippen LogP) is 3.85. The Morgan fingerprint density at radius 3 is 2.29 bits per heavy atom. The third-order valence-electron chi connectivity index (χ3n) is 2.56. The molecule has 0 aliphatic heterocycles. The normalized spacial score (nSPS) is 10.6. The number of alkyl halides is 1. The van der Waals surface area contributed by atoms with Gasteiger partial charge in [-0.15, -0.1) is 11.6 Å². The Kier molecular flexibility index (Phi) is 6.38. The molecule has 0 amide bonds. The summed E-state index contributed by atoms with van der Waals surface area (Å²) in [4.78, 5) is 0. The highest BCUT2D eigenvalue weighted by Gasteiger charge is 2.05. The number of benzene rings is 1. The van der Waals surface area contributed by atoms with Gasteiger partial charge in [0, 0.05) is 25.5 Å². The van der Waals surface area contributed by atoms with Crippen LogP contribution in [0, 0.1) is 13.8 Å². The van der Waals surface area contributed by atoms with E-state index in [2.05, 4.69) is 26.0 Å². The highest BCUT2D eigenvalue weighted by molar-refractivity contribution is 6.17. The fourth-order valence-corrected chi connectivity index (χ4v) is 1.98. The first kappa shape index (κ1) is 14.3. The molecule has 1 aromatic carbocycles. The van der Waals surface area contributed by atoms with Gasteiger partial charge in [0.25, 0.3) is 0 Å². The van der Waals surface area contributed by atoms with Crippen molar-refractivity contribution in [2.24, 2.45) is 0 Å². The first-order valence-electron chi connectivity index (χ1n) is 6.05. The monoisotopic (exact) mass is 256 g/mol. The summed E-state index contributed by atoms with van der Waals surface area (Å²) in [5.74, 6) is 1.53. The van der Waals surface area contributed by atoms with Crippen LogP contribution in [0.2, 0.25) is 0 Å². The van der Waals surface area contributed by atoms with Crippen molar-refractivity contribution in [3.8, 4) is 5.75 Å². The molecule has 17 heavy (non-hydrogen) atoms. The van der Waals surface area contributed by atoms with Crippen molar-refractivity contribution in [1.29, 1.82) is 0 Å². The summed E-state index contributed by atoms with van der Waals surface area (Å²) in [6, 6.07) is 4.16. The maximum atomic E-state index is 5.83. The van der Waals surface area contributed by atoms with Crippen molar-refractivity contribution >= 4 is 11.6 Å². The third-order valence-corrected chi connectivity index (χ3v) is 2.87. The zero-order valence-corrected chi connectivity index (χ0v) is 11.6. The molecule has 0 saturated heterocycles. The van der Waals surface area contributed by atoms with Crippen molar-refractivity contribution < 1.29 is 9.47 Å². The van der Waals surface area contributed by atoms with Crippen LogP contribution in [0.3, 0.4) is 0 Å². The SMILES string of the molecule is CCOCCCOc1c(C)cc(CCl)cc1C. The zero-order chi connectivity index (χ0) is 12.7. The second kappa shape index (κ2) is 7.57. The quantitative estimate of drug-likeness (QED) is 0.545. The smallest absolute Gasteiger partial charge is 0.125 e. The van der Waals surface area contributed by atoms with Gasteiger partial charge in [0.15, 0.2) is 0 Å². The summed E-state index contributed by atoms with van der Waals surface area (Å²) in [6.07, 6.45) is 0.921. The molecule has 0 aliphatic carbocycles. The van der Waals surface area contributed by atoms with Gasteiger partial charge in [-0.25, -0.2) is 0 Å². The fourth-order valence-electron chi connectivity index (χ4n) is 1.82. The van der Waals surface area contributed by atoms with E-state index in [0.29, 0.717) is 12.5 Å². The lowest BCUT2D eigenvalue weighted by atomic mass is 10.1. The molecule has 0 saturated carbocycles. The predicted molar refractivity (Wildman–Crippen MR) is 72.1 cm³/mol. The number of hydrogen-bond acceptors (Lipinski definition) is 2. The fraction of sp³-hybridized carbons (Fsp3) is 0.571. The van der Waals surface area contributed by atoms with Gasteiger partial charge in [-0.3, -0.25) is 0 Å². The molecule has 0 atom stereocenters. The summed E-state index contributed by atoms with van der Waals surface area (Å²) >= 11 is 5.83. The summed E-state index contributed by atoms with van der Waals surface area (Å²) in [5.41, 5.74) is 3.44. The summed E-state index contributed by atoms with van der Waals surface area (Å²) in [6.45, 7) is 8.33. The maximum absolute atomic E-state index is 5.83. The van der Waals surface area contributed by atoms with E-state index in [1.807, 2.05) is 6.92 Å². The Balaban J connectivity index is 2.53. The first-order chi connectivity index (χ1) is 8.19. The minimum Gasteiger partial charge on any atom is -0.493 e. The van der Waals surface area contributed by atoms with E-state index in [1.54, 1.807) is 0 Å². The second-order valence-corrected chi connectivity index (χ2v) is 4.36. The van der Waals surface area contributed by atoms with E-state index in [0.717, 1.165) is 42.1 Å². The lowest BCUT2D eigenvalue weighted by molar-refractivity contribution is 0.130. The average Bonchev–Trinajstić information content (AvgIpc) is 2.31. The molecular formula is C14H21ClO2. The second-order valence-electron chi connectivity index (χ2n) is 4.09. The van der Waals surface area contributed by atoms with E-state index >= 15 is 0 Å². The van der Waals surface area contributed by atoms with Crippen LogP contribution in [0.15, 0.2) is 12.1 Å². The summed E-state index contributed by atoms with van der Waals surface area (Å²) in [5, 5.41) is 0. The Hall–Kier alpha value is -0.730. The van der Waals surface area contributed by atoms with Gasteiger partial charge in [-0.05, 0) is 37.5 Å². The first-order valence-corrected chi connectivity index (χ1v) is 6.59. The molecule has 96 valence electrons. The van der Waals surface area contributed by atoms with Crippen molar-refractivity contribution in [3.05, 3.63) is 28.8 Å². The van der Waals surface area contributed by atoms with Crippen molar-refractivity contribution in [1.82, 2.24) is 0 Å². The third kappa shape index (κ3) is 4.57. The Bertz CT molecular complexity index is 327. The zero-order valence-electron chi connectivity index (χ0n) is 10.9. The van der Waals surface area contributed by atoms with E-state index < -0.39 is 0 Å². The molecule has 2 nitrogen and oxygen atoms in total. The molecule has 0 heterocycles. The number of aryl methyl sites for hydroxylation is 2. The molecular weight excluding hydrogens is 236 g/mol. The molecule has 0 unspecified atom stereocenters. The summed E-state index contributed by atoms with van der Waals surface area (Å²) in [7, 11) is 0. The molecule has 0 N–H and O–H groups in total. The molecule has 1 aromatic rings. The Morgan fingerprint density at radius 2 is 1.76 bits per heavy atom.